The summed E-state index contributed by atoms with van der Waals surface area (Å²) in [7, 11) is 1.63. The first-order valence-corrected chi connectivity index (χ1v) is 9.98. The molecule has 0 aliphatic carbocycles. The number of hydrogen-bond acceptors (Lipinski definition) is 4. The fourth-order valence-electron chi connectivity index (χ4n) is 2.48. The molecule has 0 saturated heterocycles. The zero-order valence-electron chi connectivity index (χ0n) is 14.3. The summed E-state index contributed by atoms with van der Waals surface area (Å²) in [5.74, 6) is 4.36. The van der Waals surface area contributed by atoms with Crippen LogP contribution in [0.15, 0.2) is 53.5 Å². The average molecular weight is 383 g/mol. The fourth-order valence-corrected chi connectivity index (χ4v) is 4.32. The van der Waals surface area contributed by atoms with Crippen LogP contribution in [0.1, 0.15) is 5.56 Å². The molecule has 2 aromatic carbocycles. The number of thioether (sulfide) groups is 1. The number of aromatic nitrogens is 1. The number of rotatable bonds is 6. The number of benzene rings is 2. The van der Waals surface area contributed by atoms with Gasteiger partial charge in [0.15, 0.2) is 4.80 Å². The van der Waals surface area contributed by atoms with Gasteiger partial charge in [0, 0.05) is 5.75 Å². The number of thiazole rings is 1. The van der Waals surface area contributed by atoms with Crippen molar-refractivity contribution in [3.05, 3.63) is 58.9 Å². The van der Waals surface area contributed by atoms with Crippen LogP contribution >= 0.6 is 23.1 Å². The van der Waals surface area contributed by atoms with E-state index in [1.54, 1.807) is 18.9 Å². The lowest BCUT2D eigenvalue weighted by Crippen LogP contribution is -2.17. The third kappa shape index (κ3) is 4.37. The Morgan fingerprint density at radius 1 is 1.31 bits per heavy atom. The van der Waals surface area contributed by atoms with Gasteiger partial charge in [0.1, 0.15) is 5.75 Å². The van der Waals surface area contributed by atoms with Crippen molar-refractivity contribution in [2.75, 3.05) is 12.9 Å². The van der Waals surface area contributed by atoms with Crippen LogP contribution in [0.25, 0.3) is 10.2 Å². The van der Waals surface area contributed by atoms with Crippen molar-refractivity contribution in [2.24, 2.45) is 4.99 Å². The Balaban J connectivity index is 1.80. The van der Waals surface area contributed by atoms with Gasteiger partial charge in [-0.25, -0.2) is 0 Å². The molecule has 132 valence electrons. The molecule has 0 aliphatic rings. The number of fused-ring (bicyclic) bond motifs is 1. The number of hydrogen-bond donors (Lipinski definition) is 0. The minimum atomic E-state index is -0.157. The largest absolute Gasteiger partial charge is 0.497 e. The van der Waals surface area contributed by atoms with E-state index in [0.29, 0.717) is 17.1 Å². The van der Waals surface area contributed by atoms with E-state index >= 15 is 0 Å². The Kier molecular flexibility index (Phi) is 6.16. The molecule has 26 heavy (non-hydrogen) atoms. The molecule has 0 unspecified atom stereocenters. The highest BCUT2D eigenvalue weighted by Crippen LogP contribution is 2.23. The minimum Gasteiger partial charge on any atom is -0.497 e. The number of nitrogens with zero attached hydrogens (tertiary/aromatic N) is 2. The average Bonchev–Trinajstić information content (AvgIpc) is 2.99. The van der Waals surface area contributed by atoms with Gasteiger partial charge >= 0.3 is 0 Å². The van der Waals surface area contributed by atoms with Gasteiger partial charge in [-0.1, -0.05) is 47.6 Å². The van der Waals surface area contributed by atoms with Crippen LogP contribution in [-0.2, 0) is 17.1 Å². The lowest BCUT2D eigenvalue weighted by Gasteiger charge is -2.02. The summed E-state index contributed by atoms with van der Waals surface area (Å²) in [6.45, 7) is 0.371. The molecule has 0 bridgehead atoms. The molecule has 1 aromatic heterocycles. The zero-order chi connectivity index (χ0) is 18.4. The highest BCUT2D eigenvalue weighted by Gasteiger charge is 2.08. The first-order valence-electron chi connectivity index (χ1n) is 8.01. The first kappa shape index (κ1) is 18.3. The van der Waals surface area contributed by atoms with E-state index in [4.69, 9.17) is 11.2 Å². The number of carbonyl (C=O) groups excluding carboxylic acids is 1. The smallest absolute Gasteiger partial charge is 0.258 e. The van der Waals surface area contributed by atoms with E-state index in [2.05, 4.69) is 23.0 Å². The summed E-state index contributed by atoms with van der Waals surface area (Å²) in [6, 6.07) is 15.8. The van der Waals surface area contributed by atoms with Crippen LogP contribution < -0.4 is 9.54 Å². The Morgan fingerprint density at radius 3 is 2.85 bits per heavy atom. The van der Waals surface area contributed by atoms with E-state index in [-0.39, 0.29) is 5.91 Å². The van der Waals surface area contributed by atoms with Crippen molar-refractivity contribution < 1.29 is 9.53 Å². The van der Waals surface area contributed by atoms with Crippen LogP contribution in [0.3, 0.4) is 0 Å². The van der Waals surface area contributed by atoms with Crippen molar-refractivity contribution in [1.29, 1.82) is 0 Å². The molecule has 0 radical (unpaired) electrons. The molecular formula is C20H18N2O2S2. The van der Waals surface area contributed by atoms with Gasteiger partial charge in [0.05, 0.1) is 29.6 Å². The Bertz CT molecular complexity index is 1010. The third-order valence-electron chi connectivity index (χ3n) is 3.70. The van der Waals surface area contributed by atoms with Gasteiger partial charge in [0.25, 0.3) is 5.91 Å². The fraction of sp³-hybridized carbons (Fsp3) is 0.200. The summed E-state index contributed by atoms with van der Waals surface area (Å²) >= 11 is 3.00. The van der Waals surface area contributed by atoms with Gasteiger partial charge in [-0.15, -0.1) is 18.2 Å². The van der Waals surface area contributed by atoms with Crippen LogP contribution in [0.4, 0.5) is 0 Å². The number of terminal acetylenes is 1. The van der Waals surface area contributed by atoms with Crippen LogP contribution in [0, 0.1) is 12.3 Å². The molecule has 0 N–H and O–H groups in total. The molecule has 0 fully saturated rings. The van der Waals surface area contributed by atoms with Crippen molar-refractivity contribution >= 4 is 39.2 Å². The van der Waals surface area contributed by atoms with Gasteiger partial charge in [-0.2, -0.15) is 4.99 Å². The summed E-state index contributed by atoms with van der Waals surface area (Å²) < 4.78 is 8.14. The second-order valence-corrected chi connectivity index (χ2v) is 7.49. The summed E-state index contributed by atoms with van der Waals surface area (Å²) in [5, 5.41) is 0. The van der Waals surface area contributed by atoms with E-state index in [1.165, 1.54) is 16.9 Å². The van der Waals surface area contributed by atoms with E-state index in [0.717, 1.165) is 21.7 Å². The Labute approximate surface area is 160 Å². The molecule has 1 amide bonds. The molecule has 6 heteroatoms. The van der Waals surface area contributed by atoms with Gasteiger partial charge in [-0.05, 0) is 23.8 Å². The molecular weight excluding hydrogens is 364 g/mol. The normalized spacial score (nSPS) is 11.5. The van der Waals surface area contributed by atoms with Crippen LogP contribution in [-0.4, -0.2) is 23.3 Å². The van der Waals surface area contributed by atoms with Gasteiger partial charge < -0.3 is 9.30 Å². The van der Waals surface area contributed by atoms with Crippen molar-refractivity contribution in [1.82, 2.24) is 4.57 Å². The Hall–Kier alpha value is -2.49. The summed E-state index contributed by atoms with van der Waals surface area (Å²) in [6.07, 6.45) is 5.49. The highest BCUT2D eigenvalue weighted by atomic mass is 32.2. The number of carbonyl (C=O) groups is 1. The molecule has 0 saturated carbocycles. The second-order valence-electron chi connectivity index (χ2n) is 5.49. The number of ether oxygens (including phenoxy) is 1. The highest BCUT2D eigenvalue weighted by molar-refractivity contribution is 7.99. The summed E-state index contributed by atoms with van der Waals surface area (Å²) in [5.41, 5.74) is 2.15. The third-order valence-corrected chi connectivity index (χ3v) is 5.73. The maximum absolute atomic E-state index is 12.3. The molecule has 4 nitrogen and oxygen atoms in total. The standard InChI is InChI=1S/C20H18N2O2S2/c1-3-11-22-17-10-9-16(24-2)12-18(17)26-20(22)21-19(23)14-25-13-15-7-5-4-6-8-15/h1,4-10,12H,11,13-14H2,2H3. The predicted molar refractivity (Wildman–Crippen MR) is 108 cm³/mol. The quantitative estimate of drug-likeness (QED) is 0.611. The topological polar surface area (TPSA) is 43.6 Å². The second kappa shape index (κ2) is 8.75. The van der Waals surface area contributed by atoms with E-state index < -0.39 is 0 Å². The van der Waals surface area contributed by atoms with Crippen LogP contribution in [0.5, 0.6) is 5.75 Å². The SMILES string of the molecule is C#CCn1c(=NC(=O)CSCc2ccccc2)sc2cc(OC)ccc21. The van der Waals surface area contributed by atoms with Crippen LogP contribution in [0.2, 0.25) is 0 Å². The zero-order valence-corrected chi connectivity index (χ0v) is 16.0. The monoisotopic (exact) mass is 382 g/mol. The maximum atomic E-state index is 12.3. The molecule has 1 heterocycles. The Morgan fingerprint density at radius 2 is 2.12 bits per heavy atom. The van der Waals surface area contributed by atoms with E-state index in [9.17, 15) is 4.79 Å². The molecule has 3 aromatic rings. The predicted octanol–water partition coefficient (Wildman–Crippen LogP) is 3.71. The van der Waals surface area contributed by atoms with Crippen molar-refractivity contribution in [3.63, 3.8) is 0 Å². The minimum absolute atomic E-state index is 0.157. The van der Waals surface area contributed by atoms with E-state index in [1.807, 2.05) is 41.0 Å². The molecule has 0 aliphatic heterocycles. The lowest BCUT2D eigenvalue weighted by atomic mass is 10.2. The van der Waals surface area contributed by atoms with Crippen molar-refractivity contribution in [2.45, 2.75) is 12.3 Å². The molecule has 0 atom stereocenters. The number of methoxy groups -OCH3 is 1. The van der Waals surface area contributed by atoms with Gasteiger partial charge in [0.2, 0.25) is 0 Å². The molecule has 0 spiro atoms. The van der Waals surface area contributed by atoms with Gasteiger partial charge in [-0.3, -0.25) is 4.79 Å². The first-order chi connectivity index (χ1) is 12.7. The maximum Gasteiger partial charge on any atom is 0.258 e. The summed E-state index contributed by atoms with van der Waals surface area (Å²) in [4.78, 5) is 17.2. The number of amides is 1. The molecule has 3 rings (SSSR count). The lowest BCUT2D eigenvalue weighted by molar-refractivity contribution is -0.115. The van der Waals surface area contributed by atoms with Crippen molar-refractivity contribution in [3.8, 4) is 18.1 Å².